The minimum absolute atomic E-state index is 0.0255. The highest BCUT2D eigenvalue weighted by molar-refractivity contribution is 5.97. The molecule has 0 aliphatic carbocycles. The summed E-state index contributed by atoms with van der Waals surface area (Å²) >= 11 is 0. The molecular weight excluding hydrogens is 439 g/mol. The van der Waals surface area contributed by atoms with Crippen molar-refractivity contribution in [2.75, 3.05) is 11.9 Å². The number of rotatable bonds is 8. The lowest BCUT2D eigenvalue weighted by molar-refractivity contribution is -0.137. The summed E-state index contributed by atoms with van der Waals surface area (Å²) in [4.78, 5) is 39.3. The Hall–Kier alpha value is -3.37. The molecule has 2 heterocycles. The molecule has 33 heavy (non-hydrogen) atoms. The fraction of sp³-hybridized carbons (Fsp3) is 0.455. The Kier molecular flexibility index (Phi) is 7.39. The maximum Gasteiger partial charge on any atom is 0.416 e. The SMILES string of the molecule is CC(C)C[C@H](NC(=O)[C@@H]1CC(=O)N(Cc2cccc(C(F)(F)F)c2)C1)C(=O)Nc1ccn[nH]1. The highest BCUT2D eigenvalue weighted by Crippen LogP contribution is 2.30. The zero-order valence-electron chi connectivity index (χ0n) is 18.3. The van der Waals surface area contributed by atoms with E-state index < -0.39 is 35.5 Å². The summed E-state index contributed by atoms with van der Waals surface area (Å²) in [5.74, 6) is -1.36. The summed E-state index contributed by atoms with van der Waals surface area (Å²) in [6.07, 6.45) is -2.67. The average molecular weight is 465 g/mol. The molecular formula is C22H26F3N5O3. The number of nitrogens with one attached hydrogen (secondary N) is 3. The van der Waals surface area contributed by atoms with Gasteiger partial charge in [-0.25, -0.2) is 0 Å². The van der Waals surface area contributed by atoms with Crippen LogP contribution in [0.3, 0.4) is 0 Å². The molecule has 3 amide bonds. The van der Waals surface area contributed by atoms with Gasteiger partial charge < -0.3 is 15.5 Å². The van der Waals surface area contributed by atoms with Gasteiger partial charge in [0.05, 0.1) is 17.7 Å². The summed E-state index contributed by atoms with van der Waals surface area (Å²) < 4.78 is 38.9. The second-order valence-electron chi connectivity index (χ2n) is 8.52. The summed E-state index contributed by atoms with van der Waals surface area (Å²) in [5, 5.41) is 11.7. The molecule has 0 radical (unpaired) electrons. The molecule has 1 aliphatic heterocycles. The van der Waals surface area contributed by atoms with E-state index in [-0.39, 0.29) is 31.3 Å². The fourth-order valence-electron chi connectivity index (χ4n) is 3.70. The largest absolute Gasteiger partial charge is 0.416 e. The van der Waals surface area contributed by atoms with Gasteiger partial charge in [-0.15, -0.1) is 0 Å². The number of H-pyrrole nitrogens is 1. The van der Waals surface area contributed by atoms with Gasteiger partial charge in [-0.05, 0) is 30.0 Å². The molecule has 3 rings (SSSR count). The van der Waals surface area contributed by atoms with Crippen molar-refractivity contribution in [1.82, 2.24) is 20.4 Å². The molecule has 178 valence electrons. The normalized spacial score (nSPS) is 17.3. The number of hydrogen-bond donors (Lipinski definition) is 3. The molecule has 1 fully saturated rings. The van der Waals surface area contributed by atoms with Crippen molar-refractivity contribution in [1.29, 1.82) is 0 Å². The van der Waals surface area contributed by atoms with E-state index in [1.807, 2.05) is 13.8 Å². The van der Waals surface area contributed by atoms with Crippen molar-refractivity contribution in [3.63, 3.8) is 0 Å². The van der Waals surface area contributed by atoms with Crippen molar-refractivity contribution in [3.05, 3.63) is 47.7 Å². The number of hydrogen-bond acceptors (Lipinski definition) is 4. The first-order chi connectivity index (χ1) is 15.5. The topological polar surface area (TPSA) is 107 Å². The van der Waals surface area contributed by atoms with Crippen molar-refractivity contribution in [2.24, 2.45) is 11.8 Å². The van der Waals surface area contributed by atoms with Gasteiger partial charge in [-0.3, -0.25) is 19.5 Å². The second-order valence-corrected chi connectivity index (χ2v) is 8.52. The zero-order chi connectivity index (χ0) is 24.2. The first-order valence-corrected chi connectivity index (χ1v) is 10.6. The van der Waals surface area contributed by atoms with Crippen molar-refractivity contribution in [3.8, 4) is 0 Å². The van der Waals surface area contributed by atoms with Crippen molar-refractivity contribution < 1.29 is 27.6 Å². The number of aromatic nitrogens is 2. The van der Waals surface area contributed by atoms with Crippen LogP contribution in [0.15, 0.2) is 36.5 Å². The Morgan fingerprint density at radius 3 is 2.67 bits per heavy atom. The van der Waals surface area contributed by atoms with E-state index >= 15 is 0 Å². The van der Waals surface area contributed by atoms with Gasteiger partial charge in [0, 0.05) is 25.6 Å². The lowest BCUT2D eigenvalue weighted by Crippen LogP contribution is -2.47. The molecule has 11 heteroatoms. The minimum atomic E-state index is -4.48. The molecule has 1 aromatic heterocycles. The van der Waals surface area contributed by atoms with Gasteiger partial charge in [0.25, 0.3) is 0 Å². The number of likely N-dealkylation sites (tertiary alicyclic amines) is 1. The van der Waals surface area contributed by atoms with Crippen LogP contribution in [-0.2, 0) is 27.1 Å². The minimum Gasteiger partial charge on any atom is -0.344 e. The van der Waals surface area contributed by atoms with Gasteiger partial charge in [0.15, 0.2) is 0 Å². The number of halogens is 3. The number of aromatic amines is 1. The fourth-order valence-corrected chi connectivity index (χ4v) is 3.70. The molecule has 8 nitrogen and oxygen atoms in total. The van der Waals surface area contributed by atoms with Gasteiger partial charge >= 0.3 is 6.18 Å². The molecule has 0 unspecified atom stereocenters. The molecule has 2 aromatic rings. The second kappa shape index (κ2) is 10.1. The summed E-state index contributed by atoms with van der Waals surface area (Å²) in [6, 6.07) is 5.53. The summed E-state index contributed by atoms with van der Waals surface area (Å²) in [7, 11) is 0. The van der Waals surface area contributed by atoms with Gasteiger partial charge in [-0.2, -0.15) is 18.3 Å². The number of nitrogens with zero attached hydrogens (tertiary/aromatic N) is 2. The van der Waals surface area contributed by atoms with Crippen LogP contribution in [0.25, 0.3) is 0 Å². The van der Waals surface area contributed by atoms with Crippen LogP contribution in [0.1, 0.15) is 37.8 Å². The molecule has 1 aromatic carbocycles. The van der Waals surface area contributed by atoms with E-state index in [1.54, 1.807) is 6.07 Å². The van der Waals surface area contributed by atoms with Crippen LogP contribution in [-0.4, -0.2) is 45.4 Å². The number of amides is 3. The van der Waals surface area contributed by atoms with Gasteiger partial charge in [-0.1, -0.05) is 26.0 Å². The molecule has 0 saturated carbocycles. The molecule has 1 aliphatic rings. The van der Waals surface area contributed by atoms with E-state index in [2.05, 4.69) is 20.8 Å². The predicted octanol–water partition coefficient (Wildman–Crippen LogP) is 2.95. The van der Waals surface area contributed by atoms with Crippen LogP contribution >= 0.6 is 0 Å². The molecule has 2 atom stereocenters. The van der Waals surface area contributed by atoms with Crippen LogP contribution in [0, 0.1) is 11.8 Å². The standard InChI is InChI=1S/C22H26F3N5O3/c1-13(2)8-17(21(33)28-18-6-7-26-29-18)27-20(32)15-10-19(31)30(12-15)11-14-4-3-5-16(9-14)22(23,24)25/h3-7,9,13,15,17H,8,10-12H2,1-2H3,(H,27,32)(H2,26,28,29,33)/t15-,17+/m1/s1. The lowest BCUT2D eigenvalue weighted by Gasteiger charge is -2.22. The third-order valence-corrected chi connectivity index (χ3v) is 5.31. The quantitative estimate of drug-likeness (QED) is 0.557. The third-order valence-electron chi connectivity index (χ3n) is 5.31. The lowest BCUT2D eigenvalue weighted by atomic mass is 10.0. The monoisotopic (exact) mass is 465 g/mol. The average Bonchev–Trinajstić information content (AvgIpc) is 3.36. The Balaban J connectivity index is 1.62. The Labute approximate surface area is 188 Å². The Morgan fingerprint density at radius 1 is 1.27 bits per heavy atom. The van der Waals surface area contributed by atoms with Crippen LogP contribution < -0.4 is 10.6 Å². The molecule has 1 saturated heterocycles. The van der Waals surface area contributed by atoms with E-state index in [9.17, 15) is 27.6 Å². The van der Waals surface area contributed by atoms with E-state index in [0.29, 0.717) is 17.8 Å². The maximum atomic E-state index is 13.0. The number of benzene rings is 1. The number of alkyl halides is 3. The molecule has 0 bridgehead atoms. The first kappa shape index (κ1) is 24.3. The maximum absolute atomic E-state index is 13.0. The molecule has 3 N–H and O–H groups in total. The smallest absolute Gasteiger partial charge is 0.344 e. The highest BCUT2D eigenvalue weighted by Gasteiger charge is 2.36. The highest BCUT2D eigenvalue weighted by atomic mass is 19.4. The molecule has 0 spiro atoms. The van der Waals surface area contributed by atoms with Crippen LogP contribution in [0.4, 0.5) is 19.0 Å². The predicted molar refractivity (Wildman–Crippen MR) is 114 cm³/mol. The number of carbonyl (C=O) groups is 3. The summed E-state index contributed by atoms with van der Waals surface area (Å²) in [5.41, 5.74) is -0.461. The van der Waals surface area contributed by atoms with Crippen LogP contribution in [0.2, 0.25) is 0 Å². The van der Waals surface area contributed by atoms with E-state index in [0.717, 1.165) is 12.1 Å². The van der Waals surface area contributed by atoms with E-state index in [4.69, 9.17) is 0 Å². The Morgan fingerprint density at radius 2 is 2.03 bits per heavy atom. The Bertz CT molecular complexity index is 991. The van der Waals surface area contributed by atoms with E-state index in [1.165, 1.54) is 23.2 Å². The van der Waals surface area contributed by atoms with Crippen molar-refractivity contribution in [2.45, 2.75) is 45.5 Å². The number of anilines is 1. The van der Waals surface area contributed by atoms with Crippen molar-refractivity contribution >= 4 is 23.5 Å². The zero-order valence-corrected chi connectivity index (χ0v) is 18.3. The van der Waals surface area contributed by atoms with Gasteiger partial charge in [0.2, 0.25) is 17.7 Å². The van der Waals surface area contributed by atoms with Gasteiger partial charge in [0.1, 0.15) is 11.9 Å². The first-order valence-electron chi connectivity index (χ1n) is 10.6. The number of carbonyl (C=O) groups excluding carboxylic acids is 3. The van der Waals surface area contributed by atoms with Crippen LogP contribution in [0.5, 0.6) is 0 Å². The third kappa shape index (κ3) is 6.56. The summed E-state index contributed by atoms with van der Waals surface area (Å²) in [6.45, 7) is 3.87.